The molecule has 0 aromatic heterocycles. The number of unbranched alkanes of at least 4 members (excludes halogenated alkanes) is 2. The van der Waals surface area contributed by atoms with E-state index in [1.165, 1.54) is 24.3 Å². The first-order chi connectivity index (χ1) is 7.22. The summed E-state index contributed by atoms with van der Waals surface area (Å²) in [7, 11) is 0. The lowest BCUT2D eigenvalue weighted by Crippen LogP contribution is -2.07. The summed E-state index contributed by atoms with van der Waals surface area (Å²) in [5, 5.41) is 10.8. The van der Waals surface area contributed by atoms with Gasteiger partial charge in [-0.15, -0.1) is 0 Å². The van der Waals surface area contributed by atoms with Gasteiger partial charge in [-0.1, -0.05) is 19.8 Å². The average molecular weight is 207 g/mol. The number of hydrogen-bond acceptors (Lipinski definition) is 2. The van der Waals surface area contributed by atoms with Gasteiger partial charge in [-0.3, -0.25) is 9.90 Å². The molecule has 0 aliphatic carbocycles. The third-order valence-corrected chi connectivity index (χ3v) is 2.04. The van der Waals surface area contributed by atoms with Crippen LogP contribution >= 0.6 is 0 Å². The van der Waals surface area contributed by atoms with Crippen LogP contribution in [0.15, 0.2) is 24.3 Å². The molecule has 1 aromatic rings. The molecule has 0 fully saturated rings. The fourth-order valence-corrected chi connectivity index (χ4v) is 1.21. The zero-order chi connectivity index (χ0) is 11.1. The Labute approximate surface area is 89.7 Å². The SMILES string of the molecule is CCCCCC(=O)Oc1ccc([O])cc1. The highest BCUT2D eigenvalue weighted by molar-refractivity contribution is 5.72. The number of carbonyl (C=O) groups is 1. The Bertz CT molecular complexity index is 303. The molecule has 0 aliphatic heterocycles. The number of rotatable bonds is 5. The van der Waals surface area contributed by atoms with Crippen LogP contribution in [0.4, 0.5) is 0 Å². The normalized spacial score (nSPS) is 9.93. The molecule has 0 N–H and O–H groups in total. The summed E-state index contributed by atoms with van der Waals surface area (Å²) in [5.41, 5.74) is 0. The van der Waals surface area contributed by atoms with Gasteiger partial charge in [0.25, 0.3) is 0 Å². The molecule has 0 amide bonds. The van der Waals surface area contributed by atoms with Crippen molar-refractivity contribution in [3.05, 3.63) is 24.3 Å². The van der Waals surface area contributed by atoms with Gasteiger partial charge in [0.15, 0.2) is 5.75 Å². The Morgan fingerprint density at radius 2 is 1.87 bits per heavy atom. The highest BCUT2D eigenvalue weighted by Crippen LogP contribution is 2.17. The van der Waals surface area contributed by atoms with E-state index in [4.69, 9.17) is 4.74 Å². The maximum absolute atomic E-state index is 11.3. The molecule has 1 rings (SSSR count). The second-order valence-electron chi connectivity index (χ2n) is 3.40. The summed E-state index contributed by atoms with van der Waals surface area (Å²) < 4.78 is 5.04. The van der Waals surface area contributed by atoms with E-state index in [1.807, 2.05) is 0 Å². The first kappa shape index (κ1) is 11.6. The maximum atomic E-state index is 11.3. The van der Waals surface area contributed by atoms with Crippen LogP contribution < -0.4 is 4.74 Å². The van der Waals surface area contributed by atoms with Crippen molar-refractivity contribution in [2.75, 3.05) is 0 Å². The highest BCUT2D eigenvalue weighted by Gasteiger charge is 2.04. The van der Waals surface area contributed by atoms with Crippen molar-refractivity contribution in [2.45, 2.75) is 32.6 Å². The van der Waals surface area contributed by atoms with Crippen LogP contribution in [-0.4, -0.2) is 5.97 Å². The van der Waals surface area contributed by atoms with Gasteiger partial charge < -0.3 is 4.74 Å². The van der Waals surface area contributed by atoms with Crippen molar-refractivity contribution in [1.29, 1.82) is 0 Å². The lowest BCUT2D eigenvalue weighted by atomic mass is 10.2. The molecule has 3 nitrogen and oxygen atoms in total. The number of benzene rings is 1. The van der Waals surface area contributed by atoms with Gasteiger partial charge in [0.1, 0.15) is 5.75 Å². The van der Waals surface area contributed by atoms with Crippen molar-refractivity contribution < 1.29 is 14.6 Å². The highest BCUT2D eigenvalue weighted by atomic mass is 16.5. The Morgan fingerprint density at radius 3 is 2.47 bits per heavy atom. The Kier molecular flexibility index (Phi) is 4.68. The van der Waals surface area contributed by atoms with E-state index >= 15 is 0 Å². The van der Waals surface area contributed by atoms with Crippen molar-refractivity contribution in [1.82, 2.24) is 0 Å². The molecule has 1 radical (unpaired) electrons. The van der Waals surface area contributed by atoms with E-state index in [0.29, 0.717) is 12.2 Å². The zero-order valence-electron chi connectivity index (χ0n) is 8.86. The minimum atomic E-state index is -0.234. The van der Waals surface area contributed by atoms with Crippen LogP contribution in [0.2, 0.25) is 0 Å². The molecule has 0 heterocycles. The fraction of sp³-hybridized carbons (Fsp3) is 0.417. The van der Waals surface area contributed by atoms with Crippen LogP contribution in [0.3, 0.4) is 0 Å². The van der Waals surface area contributed by atoms with Crippen LogP contribution in [0, 0.1) is 0 Å². The van der Waals surface area contributed by atoms with E-state index in [0.717, 1.165) is 19.3 Å². The number of ether oxygens (including phenoxy) is 1. The average Bonchev–Trinajstić information content (AvgIpc) is 2.22. The molecule has 0 unspecified atom stereocenters. The topological polar surface area (TPSA) is 46.2 Å². The molecule has 81 valence electrons. The van der Waals surface area contributed by atoms with Crippen molar-refractivity contribution in [3.8, 4) is 11.5 Å². The number of esters is 1. The standard InChI is InChI=1S/C12H15O3/c1-2-3-4-5-12(14)15-11-8-6-10(13)7-9-11/h6-9H,2-5H2,1H3. The third kappa shape index (κ3) is 4.49. The Morgan fingerprint density at radius 1 is 1.20 bits per heavy atom. The molecule has 0 saturated heterocycles. The molecule has 0 aliphatic rings. The predicted octanol–water partition coefficient (Wildman–Crippen LogP) is 3.32. The second kappa shape index (κ2) is 6.06. The first-order valence-electron chi connectivity index (χ1n) is 5.20. The van der Waals surface area contributed by atoms with Crippen LogP contribution in [-0.2, 0) is 9.90 Å². The smallest absolute Gasteiger partial charge is 0.311 e. The molecule has 0 spiro atoms. The Hall–Kier alpha value is -1.51. The van der Waals surface area contributed by atoms with E-state index in [-0.39, 0.29) is 11.7 Å². The van der Waals surface area contributed by atoms with Crippen molar-refractivity contribution >= 4 is 5.97 Å². The molecule has 3 heteroatoms. The number of carbonyl (C=O) groups excluding carboxylic acids is 1. The summed E-state index contributed by atoms with van der Waals surface area (Å²) >= 11 is 0. The summed E-state index contributed by atoms with van der Waals surface area (Å²) in [4.78, 5) is 11.3. The van der Waals surface area contributed by atoms with Crippen LogP contribution in [0.1, 0.15) is 32.6 Å². The van der Waals surface area contributed by atoms with Gasteiger partial charge in [-0.25, -0.2) is 0 Å². The summed E-state index contributed by atoms with van der Waals surface area (Å²) in [6.45, 7) is 2.08. The van der Waals surface area contributed by atoms with Gasteiger partial charge in [-0.2, -0.15) is 0 Å². The van der Waals surface area contributed by atoms with Crippen LogP contribution in [0.25, 0.3) is 0 Å². The van der Waals surface area contributed by atoms with Gasteiger partial charge in [0, 0.05) is 6.42 Å². The van der Waals surface area contributed by atoms with E-state index in [1.54, 1.807) is 0 Å². The Balaban J connectivity index is 2.34. The molecular formula is C12H15O3. The number of hydrogen-bond donors (Lipinski definition) is 0. The fourth-order valence-electron chi connectivity index (χ4n) is 1.21. The minimum absolute atomic E-state index is 0.0826. The molecule has 15 heavy (non-hydrogen) atoms. The van der Waals surface area contributed by atoms with E-state index in [9.17, 15) is 9.90 Å². The lowest BCUT2D eigenvalue weighted by Gasteiger charge is -2.03. The first-order valence-corrected chi connectivity index (χ1v) is 5.20. The van der Waals surface area contributed by atoms with Gasteiger partial charge in [0.2, 0.25) is 0 Å². The third-order valence-electron chi connectivity index (χ3n) is 2.04. The summed E-state index contributed by atoms with van der Waals surface area (Å²) in [5.74, 6) is 0.124. The van der Waals surface area contributed by atoms with Crippen molar-refractivity contribution in [2.24, 2.45) is 0 Å². The predicted molar refractivity (Wildman–Crippen MR) is 56.4 cm³/mol. The zero-order valence-corrected chi connectivity index (χ0v) is 8.86. The second-order valence-corrected chi connectivity index (χ2v) is 3.40. The maximum Gasteiger partial charge on any atom is 0.311 e. The summed E-state index contributed by atoms with van der Waals surface area (Å²) in [6, 6.07) is 5.80. The van der Waals surface area contributed by atoms with E-state index < -0.39 is 0 Å². The molecule has 0 bridgehead atoms. The quantitative estimate of drug-likeness (QED) is 0.422. The summed E-state index contributed by atoms with van der Waals surface area (Å²) in [6.07, 6.45) is 3.41. The van der Waals surface area contributed by atoms with Gasteiger partial charge >= 0.3 is 5.97 Å². The van der Waals surface area contributed by atoms with E-state index in [2.05, 4.69) is 6.92 Å². The minimum Gasteiger partial charge on any atom is -0.427 e. The molecule has 0 saturated carbocycles. The van der Waals surface area contributed by atoms with Crippen LogP contribution in [0.5, 0.6) is 11.5 Å². The molecule has 1 aromatic carbocycles. The monoisotopic (exact) mass is 207 g/mol. The largest absolute Gasteiger partial charge is 0.427 e. The molecular weight excluding hydrogens is 192 g/mol. The lowest BCUT2D eigenvalue weighted by molar-refractivity contribution is -0.134. The van der Waals surface area contributed by atoms with Crippen molar-refractivity contribution in [3.63, 3.8) is 0 Å². The van der Waals surface area contributed by atoms with Gasteiger partial charge in [-0.05, 0) is 30.7 Å². The van der Waals surface area contributed by atoms with Gasteiger partial charge in [0.05, 0.1) is 0 Å². The molecule has 0 atom stereocenters.